The van der Waals surface area contributed by atoms with Crippen molar-refractivity contribution < 1.29 is 14.0 Å². The highest BCUT2D eigenvalue weighted by atomic mass is 19.1. The van der Waals surface area contributed by atoms with Crippen molar-refractivity contribution in [3.8, 4) is 0 Å². The Bertz CT molecular complexity index is 731. The molecule has 126 valence electrons. The molecule has 2 aromatic carbocycles. The number of halogens is 1. The summed E-state index contributed by atoms with van der Waals surface area (Å²) in [4.78, 5) is 25.9. The van der Waals surface area contributed by atoms with Gasteiger partial charge in [0.2, 0.25) is 11.8 Å². The van der Waals surface area contributed by atoms with E-state index in [2.05, 4.69) is 5.32 Å². The molecular formula is C19H21FN2O2. The molecule has 4 nitrogen and oxygen atoms in total. The highest BCUT2D eigenvalue weighted by Crippen LogP contribution is 2.15. The maximum atomic E-state index is 13.5. The summed E-state index contributed by atoms with van der Waals surface area (Å²) in [6, 6.07) is 13.7. The molecule has 24 heavy (non-hydrogen) atoms. The molecule has 0 atom stereocenters. The number of aryl methyl sites for hydroxylation is 1. The lowest BCUT2D eigenvalue weighted by molar-refractivity contribution is -0.124. The second kappa shape index (κ2) is 8.24. The van der Waals surface area contributed by atoms with E-state index in [-0.39, 0.29) is 24.8 Å². The van der Waals surface area contributed by atoms with E-state index in [4.69, 9.17) is 0 Å². The van der Waals surface area contributed by atoms with Crippen molar-refractivity contribution >= 4 is 17.5 Å². The summed E-state index contributed by atoms with van der Waals surface area (Å²) in [6.07, 6.45) is -0.0868. The Labute approximate surface area is 141 Å². The molecule has 0 radical (unpaired) electrons. The Kier molecular flexibility index (Phi) is 6.07. The lowest BCUT2D eigenvalue weighted by Crippen LogP contribution is -2.40. The molecule has 0 saturated heterocycles. The predicted octanol–water partition coefficient (Wildman–Crippen LogP) is 2.85. The Hall–Kier alpha value is -2.69. The lowest BCUT2D eigenvalue weighted by atomic mass is 10.1. The fourth-order valence-corrected chi connectivity index (χ4v) is 2.45. The SMILES string of the molecule is CCN(C(=O)CNC(=O)Cc1ccccc1F)c1cccc(C)c1. The Balaban J connectivity index is 1.94. The van der Waals surface area contributed by atoms with Crippen LogP contribution in [-0.4, -0.2) is 24.9 Å². The van der Waals surface area contributed by atoms with Crippen LogP contribution in [0, 0.1) is 12.7 Å². The van der Waals surface area contributed by atoms with Gasteiger partial charge < -0.3 is 10.2 Å². The number of carbonyl (C=O) groups is 2. The van der Waals surface area contributed by atoms with E-state index in [1.165, 1.54) is 6.07 Å². The minimum Gasteiger partial charge on any atom is -0.347 e. The van der Waals surface area contributed by atoms with Gasteiger partial charge in [-0.2, -0.15) is 0 Å². The molecule has 0 bridgehead atoms. The van der Waals surface area contributed by atoms with E-state index in [9.17, 15) is 14.0 Å². The van der Waals surface area contributed by atoms with Gasteiger partial charge >= 0.3 is 0 Å². The normalized spacial score (nSPS) is 10.3. The fraction of sp³-hybridized carbons (Fsp3) is 0.263. The van der Waals surface area contributed by atoms with Gasteiger partial charge in [0.05, 0.1) is 13.0 Å². The summed E-state index contributed by atoms with van der Waals surface area (Å²) < 4.78 is 13.5. The van der Waals surface area contributed by atoms with Gasteiger partial charge in [-0.15, -0.1) is 0 Å². The maximum Gasteiger partial charge on any atom is 0.246 e. The lowest BCUT2D eigenvalue weighted by Gasteiger charge is -2.21. The first-order chi connectivity index (χ1) is 11.5. The molecule has 0 unspecified atom stereocenters. The number of amides is 2. The highest BCUT2D eigenvalue weighted by Gasteiger charge is 2.15. The van der Waals surface area contributed by atoms with E-state index >= 15 is 0 Å². The van der Waals surface area contributed by atoms with Crippen molar-refractivity contribution in [2.75, 3.05) is 18.0 Å². The van der Waals surface area contributed by atoms with Crippen LogP contribution in [0.2, 0.25) is 0 Å². The molecule has 0 spiro atoms. The van der Waals surface area contributed by atoms with Crippen molar-refractivity contribution in [3.63, 3.8) is 0 Å². The summed E-state index contributed by atoms with van der Waals surface area (Å²) in [5.74, 6) is -1.01. The predicted molar refractivity (Wildman–Crippen MR) is 92.3 cm³/mol. The number of likely N-dealkylation sites (N-methyl/N-ethyl adjacent to an activating group) is 1. The molecule has 1 N–H and O–H groups in total. The number of anilines is 1. The van der Waals surface area contributed by atoms with Gasteiger partial charge in [-0.1, -0.05) is 30.3 Å². The van der Waals surface area contributed by atoms with Gasteiger partial charge in [0.1, 0.15) is 5.82 Å². The molecular weight excluding hydrogens is 307 g/mol. The number of rotatable bonds is 6. The van der Waals surface area contributed by atoms with Crippen LogP contribution >= 0.6 is 0 Å². The van der Waals surface area contributed by atoms with E-state index in [1.807, 2.05) is 38.1 Å². The van der Waals surface area contributed by atoms with Crippen molar-refractivity contribution in [2.24, 2.45) is 0 Å². The van der Waals surface area contributed by atoms with Gasteiger partial charge in [0.25, 0.3) is 0 Å². The number of benzene rings is 2. The van der Waals surface area contributed by atoms with Crippen LogP contribution in [0.25, 0.3) is 0 Å². The van der Waals surface area contributed by atoms with Crippen molar-refractivity contribution in [1.82, 2.24) is 5.32 Å². The number of hydrogen-bond acceptors (Lipinski definition) is 2. The summed E-state index contributed by atoms with van der Waals surface area (Å²) >= 11 is 0. The molecule has 0 fully saturated rings. The third-order valence-electron chi connectivity index (χ3n) is 3.68. The number of nitrogens with zero attached hydrogens (tertiary/aromatic N) is 1. The van der Waals surface area contributed by atoms with E-state index in [1.54, 1.807) is 23.1 Å². The third kappa shape index (κ3) is 4.65. The van der Waals surface area contributed by atoms with Crippen molar-refractivity contribution in [2.45, 2.75) is 20.3 Å². The second-order valence-corrected chi connectivity index (χ2v) is 5.52. The Morgan fingerprint density at radius 3 is 2.54 bits per heavy atom. The Morgan fingerprint density at radius 1 is 1.12 bits per heavy atom. The molecule has 0 heterocycles. The zero-order chi connectivity index (χ0) is 17.5. The summed E-state index contributed by atoms with van der Waals surface area (Å²) in [5, 5.41) is 2.56. The van der Waals surface area contributed by atoms with Crippen LogP contribution in [0.1, 0.15) is 18.1 Å². The first-order valence-corrected chi connectivity index (χ1v) is 7.88. The minimum atomic E-state index is -0.422. The molecule has 5 heteroatoms. The van der Waals surface area contributed by atoms with Crippen LogP contribution < -0.4 is 10.2 Å². The van der Waals surface area contributed by atoms with Gasteiger partial charge in [0.15, 0.2) is 0 Å². The maximum absolute atomic E-state index is 13.5. The van der Waals surface area contributed by atoms with Crippen LogP contribution in [0.5, 0.6) is 0 Å². The molecule has 2 rings (SSSR count). The van der Waals surface area contributed by atoms with E-state index in [0.717, 1.165) is 11.3 Å². The van der Waals surface area contributed by atoms with Crippen LogP contribution in [0.15, 0.2) is 48.5 Å². The standard InChI is InChI=1S/C19H21FN2O2/c1-3-22(16-9-6-7-14(2)11-16)19(24)13-21-18(23)12-15-8-4-5-10-17(15)20/h4-11H,3,12-13H2,1-2H3,(H,21,23). The first kappa shape index (κ1) is 17.7. The Morgan fingerprint density at radius 2 is 1.88 bits per heavy atom. The van der Waals surface area contributed by atoms with Crippen LogP contribution in [-0.2, 0) is 16.0 Å². The molecule has 0 aliphatic heterocycles. The summed E-state index contributed by atoms with van der Waals surface area (Å²) in [5.41, 5.74) is 2.17. The number of carbonyl (C=O) groups excluding carboxylic acids is 2. The molecule has 0 aliphatic rings. The fourth-order valence-electron chi connectivity index (χ4n) is 2.45. The monoisotopic (exact) mass is 328 g/mol. The summed E-state index contributed by atoms with van der Waals surface area (Å²) in [6.45, 7) is 4.22. The molecule has 0 aromatic heterocycles. The minimum absolute atomic E-state index is 0.0868. The quantitative estimate of drug-likeness (QED) is 0.886. The first-order valence-electron chi connectivity index (χ1n) is 7.88. The molecule has 0 saturated carbocycles. The zero-order valence-electron chi connectivity index (χ0n) is 13.9. The smallest absolute Gasteiger partial charge is 0.246 e. The van der Waals surface area contributed by atoms with Crippen molar-refractivity contribution in [1.29, 1.82) is 0 Å². The molecule has 2 amide bonds. The highest BCUT2D eigenvalue weighted by molar-refractivity contribution is 5.96. The average Bonchev–Trinajstić information content (AvgIpc) is 2.56. The van der Waals surface area contributed by atoms with Crippen LogP contribution in [0.4, 0.5) is 10.1 Å². The van der Waals surface area contributed by atoms with Gasteiger partial charge in [0, 0.05) is 12.2 Å². The number of nitrogens with one attached hydrogen (secondary N) is 1. The second-order valence-electron chi connectivity index (χ2n) is 5.52. The number of hydrogen-bond donors (Lipinski definition) is 1. The largest absolute Gasteiger partial charge is 0.347 e. The van der Waals surface area contributed by atoms with Gasteiger partial charge in [-0.25, -0.2) is 4.39 Å². The van der Waals surface area contributed by atoms with Crippen molar-refractivity contribution in [3.05, 3.63) is 65.5 Å². The third-order valence-corrected chi connectivity index (χ3v) is 3.68. The van der Waals surface area contributed by atoms with Gasteiger partial charge in [-0.05, 0) is 43.2 Å². The summed E-state index contributed by atoms with van der Waals surface area (Å²) in [7, 11) is 0. The van der Waals surface area contributed by atoms with E-state index in [0.29, 0.717) is 12.1 Å². The molecule has 2 aromatic rings. The van der Waals surface area contributed by atoms with Gasteiger partial charge in [-0.3, -0.25) is 9.59 Å². The average molecular weight is 328 g/mol. The van der Waals surface area contributed by atoms with E-state index < -0.39 is 5.82 Å². The topological polar surface area (TPSA) is 49.4 Å². The molecule has 0 aliphatic carbocycles. The van der Waals surface area contributed by atoms with Crippen LogP contribution in [0.3, 0.4) is 0 Å². The zero-order valence-corrected chi connectivity index (χ0v) is 13.9.